The average Bonchev–Trinajstić information content (AvgIpc) is 2.86. The predicted molar refractivity (Wildman–Crippen MR) is 52.5 cm³/mol. The van der Waals surface area contributed by atoms with Gasteiger partial charge in [-0.1, -0.05) is 5.57 Å². The van der Waals surface area contributed by atoms with E-state index in [1.54, 1.807) is 0 Å². The van der Waals surface area contributed by atoms with Gasteiger partial charge in [-0.3, -0.25) is 0 Å². The van der Waals surface area contributed by atoms with Crippen LogP contribution >= 0.6 is 0 Å². The molecule has 12 heavy (non-hydrogen) atoms. The third-order valence-electron chi connectivity index (χ3n) is 2.60. The minimum atomic E-state index is 0.787. The van der Waals surface area contributed by atoms with E-state index in [4.69, 9.17) is 11.5 Å². The Morgan fingerprint density at radius 2 is 2.00 bits per heavy atom. The van der Waals surface area contributed by atoms with Crippen LogP contribution in [0.1, 0.15) is 39.0 Å². The quantitative estimate of drug-likeness (QED) is 0.614. The van der Waals surface area contributed by atoms with E-state index in [1.807, 2.05) is 0 Å². The van der Waals surface area contributed by atoms with Gasteiger partial charge in [-0.25, -0.2) is 0 Å². The zero-order valence-electron chi connectivity index (χ0n) is 7.97. The van der Waals surface area contributed by atoms with Crippen LogP contribution in [0.4, 0.5) is 0 Å². The maximum Gasteiger partial charge on any atom is 0.00723 e. The van der Waals surface area contributed by atoms with Crippen LogP contribution in [0, 0.1) is 5.92 Å². The summed E-state index contributed by atoms with van der Waals surface area (Å²) in [5, 5.41) is 0. The van der Waals surface area contributed by atoms with Crippen molar-refractivity contribution in [3.8, 4) is 0 Å². The first kappa shape index (κ1) is 9.59. The lowest BCUT2D eigenvalue weighted by Gasteiger charge is -2.05. The number of nitrogens with two attached hydrogens (primary N) is 2. The molecule has 4 N–H and O–H groups in total. The van der Waals surface area contributed by atoms with Gasteiger partial charge in [0.25, 0.3) is 0 Å². The number of hydrogen-bond acceptors (Lipinski definition) is 2. The van der Waals surface area contributed by atoms with Crippen LogP contribution in [-0.2, 0) is 0 Å². The molecule has 2 heteroatoms. The zero-order chi connectivity index (χ0) is 8.97. The highest BCUT2D eigenvalue weighted by Crippen LogP contribution is 2.37. The summed E-state index contributed by atoms with van der Waals surface area (Å²) in [6.07, 6.45) is 5.98. The monoisotopic (exact) mass is 168 g/mol. The van der Waals surface area contributed by atoms with E-state index in [1.165, 1.54) is 18.4 Å². The molecule has 0 atom stereocenters. The Hall–Kier alpha value is -0.500. The van der Waals surface area contributed by atoms with Crippen molar-refractivity contribution in [3.05, 3.63) is 11.3 Å². The fourth-order valence-corrected chi connectivity index (χ4v) is 1.44. The predicted octanol–water partition coefficient (Wildman–Crippen LogP) is 1.76. The minimum absolute atomic E-state index is 0.787. The summed E-state index contributed by atoms with van der Waals surface area (Å²) in [6, 6.07) is 0. The van der Waals surface area contributed by atoms with Crippen LogP contribution in [0.25, 0.3) is 0 Å². The van der Waals surface area contributed by atoms with Gasteiger partial charge in [0.05, 0.1) is 0 Å². The fraction of sp³-hybridized carbons (Fsp3) is 0.800. The molecular formula is C10H20N2. The van der Waals surface area contributed by atoms with Crippen molar-refractivity contribution in [2.75, 3.05) is 6.54 Å². The van der Waals surface area contributed by atoms with Gasteiger partial charge in [-0.2, -0.15) is 0 Å². The number of hydrogen-bond donors (Lipinski definition) is 2. The average molecular weight is 168 g/mol. The van der Waals surface area contributed by atoms with Gasteiger partial charge in [-0.15, -0.1) is 0 Å². The molecule has 0 radical (unpaired) electrons. The molecule has 1 aliphatic rings. The highest BCUT2D eigenvalue weighted by Gasteiger charge is 2.24. The summed E-state index contributed by atoms with van der Waals surface area (Å²) in [7, 11) is 0. The molecule has 2 nitrogen and oxygen atoms in total. The van der Waals surface area contributed by atoms with E-state index in [9.17, 15) is 0 Å². The summed E-state index contributed by atoms with van der Waals surface area (Å²) < 4.78 is 0. The number of unbranched alkanes of at least 4 members (excludes halogenated alkanes) is 1. The van der Waals surface area contributed by atoms with Crippen molar-refractivity contribution < 1.29 is 0 Å². The van der Waals surface area contributed by atoms with E-state index in [2.05, 4.69) is 6.92 Å². The molecule has 1 saturated carbocycles. The Labute approximate surface area is 75.0 Å². The largest absolute Gasteiger partial charge is 0.402 e. The lowest BCUT2D eigenvalue weighted by molar-refractivity contribution is 0.724. The van der Waals surface area contributed by atoms with Crippen molar-refractivity contribution in [1.29, 1.82) is 0 Å². The van der Waals surface area contributed by atoms with Gasteiger partial charge in [0.1, 0.15) is 0 Å². The molecule has 0 aliphatic heterocycles. The maximum absolute atomic E-state index is 5.94. The Kier molecular flexibility index (Phi) is 3.60. The molecule has 1 rings (SSSR count). The smallest absolute Gasteiger partial charge is 0.00723 e. The molecule has 0 amide bonds. The highest BCUT2D eigenvalue weighted by molar-refractivity contribution is 5.16. The second-order valence-corrected chi connectivity index (χ2v) is 3.73. The van der Waals surface area contributed by atoms with Gasteiger partial charge in [0.2, 0.25) is 0 Å². The second-order valence-electron chi connectivity index (χ2n) is 3.73. The van der Waals surface area contributed by atoms with E-state index < -0.39 is 0 Å². The van der Waals surface area contributed by atoms with Gasteiger partial charge in [-0.05, 0) is 51.5 Å². The molecule has 0 saturated heterocycles. The zero-order valence-corrected chi connectivity index (χ0v) is 7.97. The summed E-state index contributed by atoms with van der Waals surface area (Å²) >= 11 is 0. The molecule has 0 aromatic heterocycles. The van der Waals surface area contributed by atoms with E-state index in [0.29, 0.717) is 0 Å². The minimum Gasteiger partial charge on any atom is -0.402 e. The van der Waals surface area contributed by atoms with Crippen molar-refractivity contribution in [1.82, 2.24) is 0 Å². The van der Waals surface area contributed by atoms with Gasteiger partial charge in [0.15, 0.2) is 0 Å². The fourth-order valence-electron chi connectivity index (χ4n) is 1.44. The molecule has 0 bridgehead atoms. The van der Waals surface area contributed by atoms with Crippen LogP contribution in [-0.4, -0.2) is 6.54 Å². The first-order valence-corrected chi connectivity index (χ1v) is 4.91. The third kappa shape index (κ3) is 2.86. The number of rotatable bonds is 5. The van der Waals surface area contributed by atoms with Crippen molar-refractivity contribution in [2.24, 2.45) is 17.4 Å². The number of allylic oxidation sites excluding steroid dienone is 2. The topological polar surface area (TPSA) is 52.0 Å². The molecule has 0 heterocycles. The Morgan fingerprint density at radius 3 is 2.50 bits per heavy atom. The maximum atomic E-state index is 5.94. The normalized spacial score (nSPS) is 19.2. The van der Waals surface area contributed by atoms with Gasteiger partial charge >= 0.3 is 0 Å². The first-order chi connectivity index (χ1) is 5.75. The summed E-state index contributed by atoms with van der Waals surface area (Å²) in [5.74, 6) is 0.822. The van der Waals surface area contributed by atoms with Gasteiger partial charge < -0.3 is 11.5 Å². The van der Waals surface area contributed by atoms with Crippen LogP contribution in [0.5, 0.6) is 0 Å². The standard InChI is InChI=1S/C10H20N2/c1-8(9-5-6-9)10(12)4-2-3-7-11/h9H,2-7,11-12H2,1H3. The molecule has 0 aromatic rings. The molecular weight excluding hydrogens is 148 g/mol. The molecule has 1 aliphatic carbocycles. The van der Waals surface area contributed by atoms with Crippen LogP contribution in [0.2, 0.25) is 0 Å². The van der Waals surface area contributed by atoms with E-state index >= 15 is 0 Å². The Morgan fingerprint density at radius 1 is 1.33 bits per heavy atom. The summed E-state index contributed by atoms with van der Waals surface area (Å²) in [6.45, 7) is 2.96. The second kappa shape index (κ2) is 4.51. The van der Waals surface area contributed by atoms with Crippen LogP contribution in [0.15, 0.2) is 11.3 Å². The SMILES string of the molecule is CC(=C(N)CCCCN)C1CC1. The van der Waals surface area contributed by atoms with E-state index in [0.717, 1.165) is 37.4 Å². The summed E-state index contributed by atoms with van der Waals surface area (Å²) in [5.41, 5.74) is 13.9. The lowest BCUT2D eigenvalue weighted by Crippen LogP contribution is -2.04. The molecule has 0 spiro atoms. The lowest BCUT2D eigenvalue weighted by atomic mass is 10.1. The van der Waals surface area contributed by atoms with Crippen molar-refractivity contribution in [3.63, 3.8) is 0 Å². The Bertz CT molecular complexity index is 169. The van der Waals surface area contributed by atoms with Crippen molar-refractivity contribution >= 4 is 0 Å². The Balaban J connectivity index is 2.24. The van der Waals surface area contributed by atoms with Crippen LogP contribution < -0.4 is 11.5 Å². The molecule has 70 valence electrons. The van der Waals surface area contributed by atoms with Crippen LogP contribution in [0.3, 0.4) is 0 Å². The van der Waals surface area contributed by atoms with E-state index in [-0.39, 0.29) is 0 Å². The first-order valence-electron chi connectivity index (χ1n) is 4.91. The molecule has 0 unspecified atom stereocenters. The third-order valence-corrected chi connectivity index (χ3v) is 2.60. The summed E-state index contributed by atoms with van der Waals surface area (Å²) in [4.78, 5) is 0. The highest BCUT2D eigenvalue weighted by atomic mass is 14.6. The van der Waals surface area contributed by atoms with Gasteiger partial charge in [0, 0.05) is 5.70 Å². The molecule has 0 aromatic carbocycles. The molecule has 1 fully saturated rings. The van der Waals surface area contributed by atoms with Crippen molar-refractivity contribution in [2.45, 2.75) is 39.0 Å².